The Morgan fingerprint density at radius 3 is 3.07 bits per heavy atom. The van der Waals surface area contributed by atoms with Gasteiger partial charge in [0.15, 0.2) is 0 Å². The Hall–Kier alpha value is 0.270. The van der Waals surface area contributed by atoms with Gasteiger partial charge in [0, 0.05) is 18.4 Å². The maximum absolute atomic E-state index is 5.73. The molecule has 88 valence electrons. The standard InChI is InChI=1S/C12H23NOS/c1-2-5-13-12-9-15-8-10(12)7-11-4-3-6-14-11/h10-13H,2-9H2,1H3. The minimum atomic E-state index is 0.569. The van der Waals surface area contributed by atoms with Crippen molar-refractivity contribution in [2.75, 3.05) is 24.7 Å². The second kappa shape index (κ2) is 6.12. The van der Waals surface area contributed by atoms with E-state index in [-0.39, 0.29) is 0 Å². The van der Waals surface area contributed by atoms with Gasteiger partial charge in [-0.15, -0.1) is 0 Å². The zero-order valence-corrected chi connectivity index (χ0v) is 10.5. The molecule has 2 aliphatic rings. The van der Waals surface area contributed by atoms with Crippen LogP contribution in [0.3, 0.4) is 0 Å². The van der Waals surface area contributed by atoms with Crippen LogP contribution >= 0.6 is 11.8 Å². The van der Waals surface area contributed by atoms with Gasteiger partial charge in [0.05, 0.1) is 6.10 Å². The average molecular weight is 229 g/mol. The lowest BCUT2D eigenvalue weighted by molar-refractivity contribution is 0.0888. The molecule has 0 amide bonds. The molecule has 2 heterocycles. The first kappa shape index (κ1) is 11.7. The third kappa shape index (κ3) is 3.36. The van der Waals surface area contributed by atoms with E-state index in [1.807, 2.05) is 0 Å². The molecule has 0 bridgehead atoms. The van der Waals surface area contributed by atoms with Gasteiger partial charge in [0.25, 0.3) is 0 Å². The van der Waals surface area contributed by atoms with Crippen LogP contribution in [-0.2, 0) is 4.74 Å². The molecule has 3 unspecified atom stereocenters. The van der Waals surface area contributed by atoms with Crippen molar-refractivity contribution in [2.45, 2.75) is 44.8 Å². The van der Waals surface area contributed by atoms with E-state index in [1.165, 1.54) is 43.7 Å². The Bertz CT molecular complexity index is 182. The highest BCUT2D eigenvalue weighted by Gasteiger charge is 2.30. The van der Waals surface area contributed by atoms with E-state index in [0.717, 1.165) is 18.6 Å². The van der Waals surface area contributed by atoms with E-state index in [0.29, 0.717) is 6.10 Å². The van der Waals surface area contributed by atoms with E-state index in [4.69, 9.17) is 4.74 Å². The first-order chi connectivity index (χ1) is 7.40. The van der Waals surface area contributed by atoms with Crippen molar-refractivity contribution in [1.82, 2.24) is 5.32 Å². The average Bonchev–Trinajstić information content (AvgIpc) is 2.87. The molecule has 0 aromatic heterocycles. The van der Waals surface area contributed by atoms with Crippen molar-refractivity contribution in [2.24, 2.45) is 5.92 Å². The van der Waals surface area contributed by atoms with Gasteiger partial charge in [0.1, 0.15) is 0 Å². The highest BCUT2D eigenvalue weighted by Crippen LogP contribution is 2.31. The van der Waals surface area contributed by atoms with Gasteiger partial charge in [-0.1, -0.05) is 6.92 Å². The van der Waals surface area contributed by atoms with Crippen molar-refractivity contribution in [3.63, 3.8) is 0 Å². The second-order valence-corrected chi connectivity index (χ2v) is 5.80. The van der Waals surface area contributed by atoms with Gasteiger partial charge in [-0.2, -0.15) is 11.8 Å². The van der Waals surface area contributed by atoms with Crippen molar-refractivity contribution in [3.05, 3.63) is 0 Å². The van der Waals surface area contributed by atoms with Crippen LogP contribution in [-0.4, -0.2) is 36.8 Å². The number of ether oxygens (including phenoxy) is 1. The summed E-state index contributed by atoms with van der Waals surface area (Å²) in [6.45, 7) is 4.41. The number of nitrogens with one attached hydrogen (secondary N) is 1. The minimum absolute atomic E-state index is 0.569. The van der Waals surface area contributed by atoms with E-state index in [2.05, 4.69) is 24.0 Å². The van der Waals surface area contributed by atoms with Crippen LogP contribution in [0.4, 0.5) is 0 Å². The molecule has 0 aromatic carbocycles. The summed E-state index contributed by atoms with van der Waals surface area (Å²) in [6, 6.07) is 0.749. The Kier molecular flexibility index (Phi) is 4.79. The highest BCUT2D eigenvalue weighted by molar-refractivity contribution is 7.99. The summed E-state index contributed by atoms with van der Waals surface area (Å²) in [6.07, 6.45) is 5.67. The Morgan fingerprint density at radius 1 is 1.40 bits per heavy atom. The third-order valence-corrected chi connectivity index (χ3v) is 4.70. The number of hydrogen-bond acceptors (Lipinski definition) is 3. The maximum Gasteiger partial charge on any atom is 0.0579 e. The smallest absolute Gasteiger partial charge is 0.0579 e. The molecule has 2 aliphatic heterocycles. The molecule has 1 N–H and O–H groups in total. The lowest BCUT2D eigenvalue weighted by Gasteiger charge is -2.22. The number of rotatable bonds is 5. The van der Waals surface area contributed by atoms with Crippen molar-refractivity contribution < 1.29 is 4.74 Å². The topological polar surface area (TPSA) is 21.3 Å². The monoisotopic (exact) mass is 229 g/mol. The summed E-state index contributed by atoms with van der Waals surface area (Å²) in [4.78, 5) is 0. The van der Waals surface area contributed by atoms with Gasteiger partial charge < -0.3 is 10.1 Å². The molecule has 15 heavy (non-hydrogen) atoms. The lowest BCUT2D eigenvalue weighted by atomic mass is 9.95. The van der Waals surface area contributed by atoms with Crippen LogP contribution in [0.15, 0.2) is 0 Å². The lowest BCUT2D eigenvalue weighted by Crippen LogP contribution is -2.37. The van der Waals surface area contributed by atoms with Crippen LogP contribution in [0.2, 0.25) is 0 Å². The van der Waals surface area contributed by atoms with Crippen LogP contribution in [0.25, 0.3) is 0 Å². The van der Waals surface area contributed by atoms with Crippen molar-refractivity contribution in [1.29, 1.82) is 0 Å². The first-order valence-electron chi connectivity index (χ1n) is 6.33. The minimum Gasteiger partial charge on any atom is -0.378 e. The molecular formula is C12H23NOS. The predicted octanol–water partition coefficient (Wildman–Crippen LogP) is 2.29. The second-order valence-electron chi connectivity index (χ2n) is 4.73. The van der Waals surface area contributed by atoms with Gasteiger partial charge in [-0.05, 0) is 43.9 Å². The largest absolute Gasteiger partial charge is 0.378 e. The molecule has 2 nitrogen and oxygen atoms in total. The normalized spacial score (nSPS) is 36.2. The van der Waals surface area contributed by atoms with Gasteiger partial charge in [0.2, 0.25) is 0 Å². The fourth-order valence-electron chi connectivity index (χ4n) is 2.55. The molecule has 2 saturated heterocycles. The molecule has 0 saturated carbocycles. The molecule has 0 aliphatic carbocycles. The van der Waals surface area contributed by atoms with Gasteiger partial charge in [-0.3, -0.25) is 0 Å². The molecular weight excluding hydrogens is 206 g/mol. The van der Waals surface area contributed by atoms with Crippen LogP contribution in [0.5, 0.6) is 0 Å². The van der Waals surface area contributed by atoms with Crippen LogP contribution in [0.1, 0.15) is 32.6 Å². The van der Waals surface area contributed by atoms with E-state index in [9.17, 15) is 0 Å². The number of hydrogen-bond donors (Lipinski definition) is 1. The van der Waals surface area contributed by atoms with Gasteiger partial charge in [-0.25, -0.2) is 0 Å². The molecule has 0 aromatic rings. The van der Waals surface area contributed by atoms with Gasteiger partial charge >= 0.3 is 0 Å². The molecule has 3 atom stereocenters. The Morgan fingerprint density at radius 2 is 2.33 bits per heavy atom. The quantitative estimate of drug-likeness (QED) is 0.781. The van der Waals surface area contributed by atoms with E-state index >= 15 is 0 Å². The molecule has 0 radical (unpaired) electrons. The summed E-state index contributed by atoms with van der Waals surface area (Å²) in [7, 11) is 0. The summed E-state index contributed by atoms with van der Waals surface area (Å²) in [5, 5.41) is 3.68. The predicted molar refractivity (Wildman–Crippen MR) is 66.5 cm³/mol. The van der Waals surface area contributed by atoms with Crippen LogP contribution < -0.4 is 5.32 Å². The Balaban J connectivity index is 1.74. The molecule has 3 heteroatoms. The van der Waals surface area contributed by atoms with E-state index in [1.54, 1.807) is 0 Å². The SMILES string of the molecule is CCCNC1CSCC1CC1CCCO1. The van der Waals surface area contributed by atoms with Crippen LogP contribution in [0, 0.1) is 5.92 Å². The third-order valence-electron chi connectivity index (χ3n) is 3.44. The fourth-order valence-corrected chi connectivity index (χ4v) is 4.01. The fraction of sp³-hybridized carbons (Fsp3) is 1.00. The highest BCUT2D eigenvalue weighted by atomic mass is 32.2. The molecule has 2 rings (SSSR count). The summed E-state index contributed by atoms with van der Waals surface area (Å²) in [5.41, 5.74) is 0. The Labute approximate surface area is 97.5 Å². The first-order valence-corrected chi connectivity index (χ1v) is 7.48. The molecule has 2 fully saturated rings. The van der Waals surface area contributed by atoms with E-state index < -0.39 is 0 Å². The maximum atomic E-state index is 5.73. The summed E-state index contributed by atoms with van der Waals surface area (Å²) in [5.74, 6) is 3.49. The number of thioether (sulfide) groups is 1. The summed E-state index contributed by atoms with van der Waals surface area (Å²) >= 11 is 2.11. The zero-order valence-electron chi connectivity index (χ0n) is 9.71. The summed E-state index contributed by atoms with van der Waals surface area (Å²) < 4.78 is 5.73. The molecule has 0 spiro atoms. The van der Waals surface area contributed by atoms with Crippen molar-refractivity contribution >= 4 is 11.8 Å². The zero-order chi connectivity index (χ0) is 10.5. The van der Waals surface area contributed by atoms with Crippen molar-refractivity contribution in [3.8, 4) is 0 Å².